The minimum absolute atomic E-state index is 0.661. The minimum atomic E-state index is -6.82. The predicted molar refractivity (Wildman–Crippen MR) is 124 cm³/mol. The fourth-order valence-electron chi connectivity index (χ4n) is 4.47. The summed E-state index contributed by atoms with van der Waals surface area (Å²) in [4.78, 5) is -0.0293. The molecule has 220 valence electrons. The highest BCUT2D eigenvalue weighted by Crippen LogP contribution is 2.47. The van der Waals surface area contributed by atoms with Crippen molar-refractivity contribution in [3.63, 3.8) is 0 Å². The van der Waals surface area contributed by atoms with Crippen molar-refractivity contribution in [2.45, 2.75) is 46.1 Å². The number of nitrogens with zero attached hydrogens (tertiary/aromatic N) is 4. The highest BCUT2D eigenvalue weighted by atomic mass is 32.2. The van der Waals surface area contributed by atoms with Crippen LogP contribution in [0.5, 0.6) is 0 Å². The van der Waals surface area contributed by atoms with Crippen LogP contribution < -0.4 is 10.4 Å². The van der Waals surface area contributed by atoms with Crippen molar-refractivity contribution >= 4 is 41.9 Å². The molecule has 0 N–H and O–H groups in total. The van der Waals surface area contributed by atoms with Gasteiger partial charge in [0.2, 0.25) is 0 Å². The van der Waals surface area contributed by atoms with Crippen LogP contribution in [0.25, 0.3) is 20.2 Å². The molecular weight excluding hydrogens is 651 g/mol. The lowest BCUT2D eigenvalue weighted by atomic mass is 10.0. The van der Waals surface area contributed by atoms with Gasteiger partial charge in [0.05, 0.1) is 15.4 Å². The van der Waals surface area contributed by atoms with Crippen molar-refractivity contribution in [1.82, 2.24) is 0 Å². The van der Waals surface area contributed by atoms with Gasteiger partial charge in [-0.2, -0.15) is 59.7 Å². The number of hydrogen-bond donors (Lipinski definition) is 0. The summed E-state index contributed by atoms with van der Waals surface area (Å²) in [5.41, 5.74) is -24.7. The number of rotatable bonds is 3. The van der Waals surface area contributed by atoms with Gasteiger partial charge in [-0.1, -0.05) is 0 Å². The third-order valence-corrected chi connectivity index (χ3v) is 10.1. The van der Waals surface area contributed by atoms with Gasteiger partial charge in [0.15, 0.2) is 0 Å². The first-order valence-electron chi connectivity index (χ1n) is 10.3. The van der Waals surface area contributed by atoms with E-state index in [1.807, 2.05) is 0 Å². The SMILES string of the molecule is [C-]#[N+]C([N+]#[C-])=C1Cc2c(S(=O)(=O)C(F)(F)F)c3c(c(S(=O)(=O)C(F)(F)F)c2=C1C)CC(=C(C#N)C#N)C=3SC(F)(F)F. The van der Waals surface area contributed by atoms with Crippen molar-refractivity contribution < 1.29 is 56.3 Å². The zero-order valence-electron chi connectivity index (χ0n) is 20.0. The maximum Gasteiger partial charge on any atom is 0.523 e. The smallest absolute Gasteiger partial charge is 0.214 e. The highest BCUT2D eigenvalue weighted by molar-refractivity contribution is 8.09. The zero-order chi connectivity index (χ0) is 32.4. The molecule has 20 heteroatoms. The number of halogens is 9. The molecule has 2 aliphatic carbocycles. The molecule has 0 bridgehead atoms. The van der Waals surface area contributed by atoms with Gasteiger partial charge in [-0.15, -0.1) is 0 Å². The number of alkyl halides is 9. The van der Waals surface area contributed by atoms with Crippen LogP contribution in [0.1, 0.15) is 18.1 Å². The normalized spacial score (nSPS) is 15.4. The third kappa shape index (κ3) is 4.89. The Balaban J connectivity index is 2.99. The van der Waals surface area contributed by atoms with Crippen molar-refractivity contribution in [2.24, 2.45) is 0 Å². The van der Waals surface area contributed by atoms with E-state index in [-0.39, 0.29) is 0 Å². The maximum atomic E-state index is 14.0. The topological polar surface area (TPSA) is 125 Å². The number of nitriles is 2. The molecular formula is C22H7F9N4O4S3. The average Bonchev–Trinajstić information content (AvgIpc) is 3.34. The number of fused-ring (bicyclic) bond motifs is 2. The summed E-state index contributed by atoms with van der Waals surface area (Å²) in [5, 5.41) is 15.5. The van der Waals surface area contributed by atoms with Gasteiger partial charge in [-0.05, 0) is 47.4 Å². The molecule has 0 saturated carbocycles. The quantitative estimate of drug-likeness (QED) is 0.269. The molecule has 0 radical (unpaired) electrons. The van der Waals surface area contributed by atoms with Crippen LogP contribution in [0, 0.1) is 35.8 Å². The Labute approximate surface area is 233 Å². The summed E-state index contributed by atoms with van der Waals surface area (Å²) >= 11 is -1.36. The second-order valence-electron chi connectivity index (χ2n) is 8.22. The van der Waals surface area contributed by atoms with Gasteiger partial charge in [0.1, 0.15) is 30.9 Å². The number of sulfone groups is 2. The lowest BCUT2D eigenvalue weighted by molar-refractivity contribution is -0.0445. The van der Waals surface area contributed by atoms with Crippen molar-refractivity contribution in [2.75, 3.05) is 0 Å². The molecule has 0 spiro atoms. The van der Waals surface area contributed by atoms with Gasteiger partial charge in [-0.25, -0.2) is 16.8 Å². The van der Waals surface area contributed by atoms with Gasteiger partial charge < -0.3 is 0 Å². The van der Waals surface area contributed by atoms with Gasteiger partial charge in [-0.3, -0.25) is 0 Å². The van der Waals surface area contributed by atoms with E-state index >= 15 is 0 Å². The Morgan fingerprint density at radius 3 is 1.57 bits per heavy atom. The van der Waals surface area contributed by atoms with Gasteiger partial charge >= 0.3 is 22.3 Å². The van der Waals surface area contributed by atoms with Crippen LogP contribution in [0.15, 0.2) is 32.3 Å². The summed E-state index contributed by atoms with van der Waals surface area (Å²) in [5.74, 6) is -0.986. The summed E-state index contributed by atoms with van der Waals surface area (Å²) in [6, 6.07) is 2.24. The number of allylic oxidation sites excluding steroid dienone is 2. The molecule has 8 nitrogen and oxygen atoms in total. The van der Waals surface area contributed by atoms with Crippen molar-refractivity contribution in [3.05, 3.63) is 66.9 Å². The number of benzene rings is 1. The molecule has 0 saturated heterocycles. The van der Waals surface area contributed by atoms with E-state index in [4.69, 9.17) is 13.1 Å². The first-order chi connectivity index (χ1) is 19.0. The lowest BCUT2D eigenvalue weighted by Gasteiger charge is -2.18. The van der Waals surface area contributed by atoms with E-state index in [0.29, 0.717) is 0 Å². The minimum Gasteiger partial charge on any atom is -0.214 e. The second-order valence-corrected chi connectivity index (χ2v) is 13.1. The highest BCUT2D eigenvalue weighted by Gasteiger charge is 2.55. The Hall–Kier alpha value is -3.98. The molecule has 0 heterocycles. The molecule has 0 atom stereocenters. The number of hydrogen-bond acceptors (Lipinski definition) is 7. The van der Waals surface area contributed by atoms with E-state index in [2.05, 4.69) is 9.69 Å². The molecule has 1 aromatic rings. The van der Waals surface area contributed by atoms with Crippen LogP contribution in [0.3, 0.4) is 0 Å². The average molecular weight is 659 g/mol. The Bertz CT molecular complexity index is 2010. The molecule has 0 fully saturated rings. The van der Waals surface area contributed by atoms with E-state index in [0.717, 1.165) is 19.1 Å². The van der Waals surface area contributed by atoms with Crippen molar-refractivity contribution in [1.29, 1.82) is 10.5 Å². The fourth-order valence-corrected chi connectivity index (χ4v) is 7.89. The van der Waals surface area contributed by atoms with Crippen LogP contribution in [0.4, 0.5) is 39.5 Å². The largest absolute Gasteiger partial charge is 0.523 e. The Morgan fingerprint density at radius 1 is 0.786 bits per heavy atom. The fraction of sp³-hybridized carbons (Fsp3) is 0.273. The predicted octanol–water partition coefficient (Wildman–Crippen LogP) is 4.31. The Morgan fingerprint density at radius 2 is 1.19 bits per heavy atom. The van der Waals surface area contributed by atoms with E-state index < -0.39 is 125 Å². The molecule has 0 unspecified atom stereocenters. The van der Waals surface area contributed by atoms with E-state index in [1.54, 1.807) is 0 Å². The molecule has 0 aliphatic heterocycles. The third-order valence-electron chi connectivity index (χ3n) is 6.01. The summed E-state index contributed by atoms with van der Waals surface area (Å²) in [6.07, 6.45) is -2.75. The molecule has 3 rings (SSSR count). The second kappa shape index (κ2) is 10.1. The van der Waals surface area contributed by atoms with E-state index in [1.165, 1.54) is 0 Å². The van der Waals surface area contributed by atoms with Crippen LogP contribution in [-0.4, -0.2) is 33.4 Å². The van der Waals surface area contributed by atoms with Crippen LogP contribution in [-0.2, 0) is 32.5 Å². The van der Waals surface area contributed by atoms with Crippen LogP contribution >= 0.6 is 11.8 Å². The Kier molecular flexibility index (Phi) is 7.81. The molecule has 42 heavy (non-hydrogen) atoms. The summed E-state index contributed by atoms with van der Waals surface area (Å²) < 4.78 is 176. The zero-order valence-corrected chi connectivity index (χ0v) is 22.4. The van der Waals surface area contributed by atoms with Crippen molar-refractivity contribution in [3.8, 4) is 12.1 Å². The molecule has 2 aliphatic rings. The standard InChI is InChI=1S/C22H7F9N4O4S3/c1-8-10(19(34-2)35-3)4-12-14(8)17(41(36,37)21(26,27)28)13-5-11(9(6-32)7-33)16(40-20(23,24)25)15(13)18(12)42(38,39)22(29,30)31/h4-5H2,1H3. The summed E-state index contributed by atoms with van der Waals surface area (Å²) in [6.45, 7) is 15.0. The molecule has 0 aromatic heterocycles. The monoisotopic (exact) mass is 658 g/mol. The number of thioether (sulfide) groups is 1. The molecule has 1 aromatic carbocycles. The summed E-state index contributed by atoms with van der Waals surface area (Å²) in [7, 11) is -13.5. The first kappa shape index (κ1) is 32.5. The first-order valence-corrected chi connectivity index (χ1v) is 14.1. The van der Waals surface area contributed by atoms with E-state index in [9.17, 15) is 66.9 Å². The van der Waals surface area contributed by atoms with Gasteiger partial charge in [0.25, 0.3) is 19.7 Å². The van der Waals surface area contributed by atoms with Crippen LogP contribution in [0.2, 0.25) is 0 Å². The molecule has 0 amide bonds. The van der Waals surface area contributed by atoms with Gasteiger partial charge in [0, 0.05) is 21.8 Å². The maximum absolute atomic E-state index is 14.0. The lowest BCUT2D eigenvalue weighted by Crippen LogP contribution is -2.39.